The SMILES string of the molecule is COCCN(c1nc(C)cc(CN)n1)C(C)C1CC1. The molecule has 5 heteroatoms. The number of hydrogen-bond donors (Lipinski definition) is 1. The molecule has 0 aliphatic heterocycles. The van der Waals surface area contributed by atoms with Gasteiger partial charge < -0.3 is 15.4 Å². The molecule has 0 amide bonds. The summed E-state index contributed by atoms with van der Waals surface area (Å²) in [6, 6.07) is 2.40. The van der Waals surface area contributed by atoms with E-state index in [1.165, 1.54) is 12.8 Å². The topological polar surface area (TPSA) is 64.3 Å². The summed E-state index contributed by atoms with van der Waals surface area (Å²) in [5.41, 5.74) is 7.57. The lowest BCUT2D eigenvalue weighted by molar-refractivity contribution is 0.202. The Kier molecular flexibility index (Phi) is 4.71. The summed E-state index contributed by atoms with van der Waals surface area (Å²) in [5, 5.41) is 0. The van der Waals surface area contributed by atoms with Gasteiger partial charge in [-0.15, -0.1) is 0 Å². The molecule has 1 fully saturated rings. The molecule has 1 heterocycles. The summed E-state index contributed by atoms with van der Waals surface area (Å²) in [5.74, 6) is 1.55. The Balaban J connectivity index is 2.22. The predicted octanol–water partition coefficient (Wildman–Crippen LogP) is 1.50. The van der Waals surface area contributed by atoms with Gasteiger partial charge in [0.15, 0.2) is 0 Å². The molecule has 1 aromatic rings. The molecular weight excluding hydrogens is 240 g/mol. The van der Waals surface area contributed by atoms with E-state index in [1.807, 2.05) is 13.0 Å². The Morgan fingerprint density at radius 3 is 2.79 bits per heavy atom. The highest BCUT2D eigenvalue weighted by Gasteiger charge is 2.33. The van der Waals surface area contributed by atoms with Gasteiger partial charge >= 0.3 is 0 Å². The molecule has 106 valence electrons. The average molecular weight is 264 g/mol. The van der Waals surface area contributed by atoms with E-state index >= 15 is 0 Å². The number of aryl methyl sites for hydroxylation is 1. The van der Waals surface area contributed by atoms with E-state index < -0.39 is 0 Å². The molecule has 19 heavy (non-hydrogen) atoms. The largest absolute Gasteiger partial charge is 0.383 e. The number of ether oxygens (including phenoxy) is 1. The first-order chi connectivity index (χ1) is 9.15. The Hall–Kier alpha value is -1.20. The fourth-order valence-electron chi connectivity index (χ4n) is 2.36. The number of nitrogens with two attached hydrogens (primary N) is 1. The van der Waals surface area contributed by atoms with Crippen LogP contribution in [0.25, 0.3) is 0 Å². The molecule has 5 nitrogen and oxygen atoms in total. The summed E-state index contributed by atoms with van der Waals surface area (Å²) in [6.45, 7) is 6.20. The van der Waals surface area contributed by atoms with Crippen molar-refractivity contribution in [1.82, 2.24) is 9.97 Å². The molecule has 0 spiro atoms. The van der Waals surface area contributed by atoms with Crippen molar-refractivity contribution in [2.75, 3.05) is 25.2 Å². The maximum Gasteiger partial charge on any atom is 0.226 e. The van der Waals surface area contributed by atoms with Gasteiger partial charge in [0.2, 0.25) is 5.95 Å². The highest BCUT2D eigenvalue weighted by molar-refractivity contribution is 5.34. The molecule has 2 rings (SSSR count). The number of rotatable bonds is 7. The molecule has 0 saturated heterocycles. The molecule has 1 unspecified atom stereocenters. The van der Waals surface area contributed by atoms with Gasteiger partial charge in [0.1, 0.15) is 0 Å². The summed E-state index contributed by atoms with van der Waals surface area (Å²) in [7, 11) is 1.72. The minimum Gasteiger partial charge on any atom is -0.383 e. The highest BCUT2D eigenvalue weighted by Crippen LogP contribution is 2.36. The molecule has 1 aliphatic carbocycles. The number of nitrogens with zero attached hydrogens (tertiary/aromatic N) is 3. The number of aromatic nitrogens is 2. The quantitative estimate of drug-likeness (QED) is 0.808. The van der Waals surface area contributed by atoms with Crippen molar-refractivity contribution in [2.45, 2.75) is 39.3 Å². The molecule has 2 N–H and O–H groups in total. The van der Waals surface area contributed by atoms with Crippen LogP contribution in [0.1, 0.15) is 31.2 Å². The lowest BCUT2D eigenvalue weighted by atomic mass is 10.2. The van der Waals surface area contributed by atoms with Crippen molar-refractivity contribution in [3.05, 3.63) is 17.5 Å². The van der Waals surface area contributed by atoms with Gasteiger partial charge in [-0.25, -0.2) is 9.97 Å². The van der Waals surface area contributed by atoms with Crippen LogP contribution in [-0.2, 0) is 11.3 Å². The van der Waals surface area contributed by atoms with Crippen molar-refractivity contribution < 1.29 is 4.74 Å². The van der Waals surface area contributed by atoms with Gasteiger partial charge in [-0.1, -0.05) is 0 Å². The smallest absolute Gasteiger partial charge is 0.226 e. The number of methoxy groups -OCH3 is 1. The van der Waals surface area contributed by atoms with Crippen molar-refractivity contribution in [1.29, 1.82) is 0 Å². The third-order valence-corrected chi connectivity index (χ3v) is 3.69. The van der Waals surface area contributed by atoms with Gasteiger partial charge in [0, 0.05) is 31.9 Å². The van der Waals surface area contributed by atoms with Crippen LogP contribution in [0.5, 0.6) is 0 Å². The Bertz CT molecular complexity index is 420. The second-order valence-corrected chi connectivity index (χ2v) is 5.27. The third kappa shape index (κ3) is 3.64. The Morgan fingerprint density at radius 1 is 1.47 bits per heavy atom. The summed E-state index contributed by atoms with van der Waals surface area (Å²) in [6.07, 6.45) is 2.61. The lowest BCUT2D eigenvalue weighted by Gasteiger charge is -2.29. The van der Waals surface area contributed by atoms with Gasteiger partial charge in [-0.05, 0) is 38.7 Å². The van der Waals surface area contributed by atoms with Gasteiger partial charge in [-0.2, -0.15) is 0 Å². The molecule has 0 aromatic carbocycles. The van der Waals surface area contributed by atoms with Crippen LogP contribution < -0.4 is 10.6 Å². The van der Waals surface area contributed by atoms with E-state index in [4.69, 9.17) is 10.5 Å². The zero-order chi connectivity index (χ0) is 13.8. The second-order valence-electron chi connectivity index (χ2n) is 5.27. The van der Waals surface area contributed by atoms with E-state index in [-0.39, 0.29) is 0 Å². The Morgan fingerprint density at radius 2 is 2.21 bits per heavy atom. The number of anilines is 1. The van der Waals surface area contributed by atoms with E-state index in [0.717, 1.165) is 29.8 Å². The summed E-state index contributed by atoms with van der Waals surface area (Å²) in [4.78, 5) is 11.4. The molecule has 1 saturated carbocycles. The minimum atomic E-state index is 0.451. The lowest BCUT2D eigenvalue weighted by Crippen LogP contribution is -2.38. The van der Waals surface area contributed by atoms with Crippen molar-refractivity contribution >= 4 is 5.95 Å². The van der Waals surface area contributed by atoms with Crippen molar-refractivity contribution in [2.24, 2.45) is 11.7 Å². The van der Waals surface area contributed by atoms with E-state index in [1.54, 1.807) is 7.11 Å². The van der Waals surface area contributed by atoms with Gasteiger partial charge in [0.05, 0.1) is 12.3 Å². The summed E-state index contributed by atoms with van der Waals surface area (Å²) < 4.78 is 5.21. The van der Waals surface area contributed by atoms with E-state index in [0.29, 0.717) is 19.2 Å². The average Bonchev–Trinajstić information content (AvgIpc) is 3.22. The molecule has 1 aliphatic rings. The number of hydrogen-bond acceptors (Lipinski definition) is 5. The zero-order valence-corrected chi connectivity index (χ0v) is 12.1. The summed E-state index contributed by atoms with van der Waals surface area (Å²) >= 11 is 0. The first-order valence-corrected chi connectivity index (χ1v) is 6.96. The first kappa shape index (κ1) is 14.2. The molecule has 1 aromatic heterocycles. The maximum absolute atomic E-state index is 5.70. The minimum absolute atomic E-state index is 0.451. The van der Waals surface area contributed by atoms with E-state index in [2.05, 4.69) is 21.8 Å². The maximum atomic E-state index is 5.70. The standard InChI is InChI=1S/C14H24N4O/c1-10-8-13(9-15)17-14(16-10)18(6-7-19-3)11(2)12-4-5-12/h8,11-12H,4-7,9,15H2,1-3H3. The van der Waals surface area contributed by atoms with Crippen molar-refractivity contribution in [3.8, 4) is 0 Å². The van der Waals surface area contributed by atoms with E-state index in [9.17, 15) is 0 Å². The highest BCUT2D eigenvalue weighted by atomic mass is 16.5. The predicted molar refractivity (Wildman–Crippen MR) is 76.1 cm³/mol. The van der Waals surface area contributed by atoms with Crippen molar-refractivity contribution in [3.63, 3.8) is 0 Å². The molecule has 0 bridgehead atoms. The van der Waals surface area contributed by atoms with Crippen LogP contribution in [0.4, 0.5) is 5.95 Å². The molecule has 0 radical (unpaired) electrons. The van der Waals surface area contributed by atoms with Crippen LogP contribution in [0.15, 0.2) is 6.07 Å². The normalized spacial score (nSPS) is 16.4. The van der Waals surface area contributed by atoms with Crippen LogP contribution >= 0.6 is 0 Å². The fourth-order valence-corrected chi connectivity index (χ4v) is 2.36. The second kappa shape index (κ2) is 6.30. The monoisotopic (exact) mass is 264 g/mol. The molecular formula is C14H24N4O. The van der Waals surface area contributed by atoms with Gasteiger partial charge in [0.25, 0.3) is 0 Å². The van der Waals surface area contributed by atoms with Crippen LogP contribution in [0.3, 0.4) is 0 Å². The van der Waals surface area contributed by atoms with Crippen LogP contribution in [-0.4, -0.2) is 36.3 Å². The van der Waals surface area contributed by atoms with Gasteiger partial charge in [-0.3, -0.25) is 0 Å². The first-order valence-electron chi connectivity index (χ1n) is 6.96. The fraction of sp³-hybridized carbons (Fsp3) is 0.714. The van der Waals surface area contributed by atoms with Crippen LogP contribution in [0.2, 0.25) is 0 Å². The molecule has 1 atom stereocenters. The Labute approximate surface area is 115 Å². The zero-order valence-electron chi connectivity index (χ0n) is 12.1. The third-order valence-electron chi connectivity index (χ3n) is 3.69. The van der Waals surface area contributed by atoms with Crippen LogP contribution in [0, 0.1) is 12.8 Å².